The van der Waals surface area contributed by atoms with Crippen LogP contribution < -0.4 is 10.1 Å². The number of benzene rings is 1. The number of aliphatic hydroxyl groups is 1. The van der Waals surface area contributed by atoms with Crippen molar-refractivity contribution in [1.29, 1.82) is 0 Å². The van der Waals surface area contributed by atoms with E-state index in [9.17, 15) is 9.90 Å². The monoisotopic (exact) mass is 332 g/mol. The summed E-state index contributed by atoms with van der Waals surface area (Å²) < 4.78 is 6.04. The molecular formula is C19H28N2O3. The molecule has 0 bridgehead atoms. The number of amides is 2. The van der Waals surface area contributed by atoms with Gasteiger partial charge in [-0.15, -0.1) is 0 Å². The molecule has 0 spiro atoms. The van der Waals surface area contributed by atoms with Gasteiger partial charge in [0, 0.05) is 31.2 Å². The average molecular weight is 332 g/mol. The smallest absolute Gasteiger partial charge is 0.318 e. The van der Waals surface area contributed by atoms with Gasteiger partial charge in [-0.1, -0.05) is 18.2 Å². The Morgan fingerprint density at radius 1 is 1.38 bits per heavy atom. The van der Waals surface area contributed by atoms with E-state index in [2.05, 4.69) is 19.2 Å². The van der Waals surface area contributed by atoms with Crippen molar-refractivity contribution in [2.45, 2.75) is 63.6 Å². The van der Waals surface area contributed by atoms with Crippen LogP contribution in [0.15, 0.2) is 24.3 Å². The second kappa shape index (κ2) is 7.01. The Balaban J connectivity index is 1.76. The third kappa shape index (κ3) is 3.66. The topological polar surface area (TPSA) is 61.8 Å². The number of piperidine rings is 1. The Morgan fingerprint density at radius 3 is 2.96 bits per heavy atom. The molecule has 0 radical (unpaired) electrons. The Morgan fingerprint density at radius 2 is 2.17 bits per heavy atom. The summed E-state index contributed by atoms with van der Waals surface area (Å²) in [7, 11) is 0. The molecule has 2 N–H and O–H groups in total. The second-order valence-electron chi connectivity index (χ2n) is 7.46. The van der Waals surface area contributed by atoms with Crippen molar-refractivity contribution in [3.8, 4) is 5.75 Å². The highest BCUT2D eigenvalue weighted by Gasteiger charge is 2.36. The van der Waals surface area contributed by atoms with Crippen LogP contribution in [0.2, 0.25) is 0 Å². The van der Waals surface area contributed by atoms with E-state index < -0.39 is 0 Å². The molecule has 2 heterocycles. The van der Waals surface area contributed by atoms with Gasteiger partial charge in [0.2, 0.25) is 0 Å². The molecule has 3 rings (SSSR count). The Bertz CT molecular complexity index is 586. The summed E-state index contributed by atoms with van der Waals surface area (Å²) in [6, 6.07) is 8.00. The van der Waals surface area contributed by atoms with Crippen molar-refractivity contribution >= 4 is 6.03 Å². The summed E-state index contributed by atoms with van der Waals surface area (Å²) in [4.78, 5) is 14.8. The highest BCUT2D eigenvalue weighted by molar-refractivity contribution is 5.75. The lowest BCUT2D eigenvalue weighted by molar-refractivity contribution is 0.0644. The first-order valence-corrected chi connectivity index (χ1v) is 8.96. The molecule has 24 heavy (non-hydrogen) atoms. The average Bonchev–Trinajstić information content (AvgIpc) is 2.54. The predicted molar refractivity (Wildman–Crippen MR) is 93.1 cm³/mol. The second-order valence-corrected chi connectivity index (χ2v) is 7.46. The minimum absolute atomic E-state index is 0.0225. The van der Waals surface area contributed by atoms with Crippen LogP contribution in [0, 0.1) is 0 Å². The van der Waals surface area contributed by atoms with Gasteiger partial charge >= 0.3 is 6.03 Å². The van der Waals surface area contributed by atoms with Crippen LogP contribution in [0.25, 0.3) is 0 Å². The number of nitrogens with zero attached hydrogens (tertiary/aromatic N) is 1. The molecule has 5 nitrogen and oxygen atoms in total. The number of hydrogen-bond donors (Lipinski definition) is 2. The van der Waals surface area contributed by atoms with Gasteiger partial charge in [0.05, 0.1) is 6.04 Å². The third-order valence-electron chi connectivity index (χ3n) is 5.02. The van der Waals surface area contributed by atoms with Crippen LogP contribution in [0.4, 0.5) is 4.79 Å². The summed E-state index contributed by atoms with van der Waals surface area (Å²) in [5.41, 5.74) is 0.736. The number of nitrogens with one attached hydrogen (secondary N) is 1. The number of carbonyl (C=O) groups excluding carboxylic acids is 1. The largest absolute Gasteiger partial charge is 0.487 e. The Kier molecular flexibility index (Phi) is 4.99. The lowest BCUT2D eigenvalue weighted by Crippen LogP contribution is -2.51. The fraction of sp³-hybridized carbons (Fsp3) is 0.632. The quantitative estimate of drug-likeness (QED) is 0.893. The van der Waals surface area contributed by atoms with Gasteiger partial charge in [-0.3, -0.25) is 0 Å². The maximum absolute atomic E-state index is 12.9. The molecule has 0 aromatic heterocycles. The summed E-state index contributed by atoms with van der Waals surface area (Å²) in [6.07, 6.45) is 4.54. The molecule has 1 aromatic carbocycles. The molecule has 2 aliphatic heterocycles. The number of urea groups is 1. The molecule has 1 fully saturated rings. The molecule has 1 aromatic rings. The van der Waals surface area contributed by atoms with E-state index >= 15 is 0 Å². The van der Waals surface area contributed by atoms with Crippen LogP contribution in [-0.2, 0) is 0 Å². The Hall–Kier alpha value is -1.75. The lowest BCUT2D eigenvalue weighted by atomic mass is 9.89. The van der Waals surface area contributed by atoms with Gasteiger partial charge in [-0.05, 0) is 45.6 Å². The number of likely N-dealkylation sites (tertiary alicyclic amines) is 1. The van der Waals surface area contributed by atoms with E-state index in [0.29, 0.717) is 6.42 Å². The highest BCUT2D eigenvalue weighted by atomic mass is 16.5. The van der Waals surface area contributed by atoms with Crippen LogP contribution in [-0.4, -0.2) is 40.8 Å². The van der Waals surface area contributed by atoms with Gasteiger partial charge < -0.3 is 20.1 Å². The van der Waals surface area contributed by atoms with Gasteiger partial charge in [0.1, 0.15) is 11.4 Å². The number of carbonyl (C=O) groups is 1. The predicted octanol–water partition coefficient (Wildman–Crippen LogP) is 3.24. The van der Waals surface area contributed by atoms with Gasteiger partial charge in [-0.25, -0.2) is 4.79 Å². The molecule has 132 valence electrons. The first-order chi connectivity index (χ1) is 11.5. The molecule has 5 heteroatoms. The van der Waals surface area contributed by atoms with E-state index in [1.807, 2.05) is 29.2 Å². The van der Waals surface area contributed by atoms with Crippen LogP contribution >= 0.6 is 0 Å². The van der Waals surface area contributed by atoms with Crippen LogP contribution in [0.5, 0.6) is 5.75 Å². The third-order valence-corrected chi connectivity index (χ3v) is 5.02. The number of fused-ring (bicyclic) bond motifs is 1. The van der Waals surface area contributed by atoms with Crippen molar-refractivity contribution in [2.75, 3.05) is 13.2 Å². The van der Waals surface area contributed by atoms with Crippen molar-refractivity contribution in [1.82, 2.24) is 10.2 Å². The normalized spacial score (nSPS) is 25.5. The summed E-state index contributed by atoms with van der Waals surface area (Å²) in [5, 5.41) is 12.5. The summed E-state index contributed by atoms with van der Waals surface area (Å²) in [6.45, 7) is 5.00. The first-order valence-electron chi connectivity index (χ1n) is 8.96. The van der Waals surface area contributed by atoms with E-state index in [0.717, 1.165) is 43.5 Å². The summed E-state index contributed by atoms with van der Waals surface area (Å²) in [5.74, 6) is 0.851. The van der Waals surface area contributed by atoms with E-state index in [1.54, 1.807) is 0 Å². The Labute approximate surface area is 144 Å². The molecule has 2 aliphatic rings. The number of para-hydroxylation sites is 1. The van der Waals surface area contributed by atoms with E-state index in [4.69, 9.17) is 4.74 Å². The minimum Gasteiger partial charge on any atom is -0.487 e. The molecule has 2 atom stereocenters. The zero-order chi connectivity index (χ0) is 17.2. The van der Waals surface area contributed by atoms with Crippen molar-refractivity contribution in [3.63, 3.8) is 0 Å². The van der Waals surface area contributed by atoms with Crippen molar-refractivity contribution in [2.24, 2.45) is 0 Å². The first kappa shape index (κ1) is 17.1. The van der Waals surface area contributed by atoms with Crippen molar-refractivity contribution in [3.05, 3.63) is 29.8 Å². The van der Waals surface area contributed by atoms with Gasteiger partial charge in [-0.2, -0.15) is 0 Å². The number of ether oxygens (including phenoxy) is 1. The van der Waals surface area contributed by atoms with Gasteiger partial charge in [0.25, 0.3) is 0 Å². The zero-order valence-electron chi connectivity index (χ0n) is 14.6. The van der Waals surface area contributed by atoms with Crippen LogP contribution in [0.3, 0.4) is 0 Å². The molecule has 2 unspecified atom stereocenters. The highest BCUT2D eigenvalue weighted by Crippen LogP contribution is 2.39. The molecule has 0 saturated carbocycles. The number of hydrogen-bond acceptors (Lipinski definition) is 3. The number of rotatable bonds is 3. The standard InChI is InChI=1S/C19H28N2O3/c1-19(2)13-16(15-8-3-4-9-17(15)24-19)20-18(23)21-11-6-5-7-14(21)10-12-22/h3-4,8-9,14,16,22H,5-7,10-13H2,1-2H3,(H,20,23). The van der Waals surface area contributed by atoms with E-state index in [1.165, 1.54) is 0 Å². The molecule has 1 saturated heterocycles. The molecule has 2 amide bonds. The van der Waals surface area contributed by atoms with Crippen LogP contribution in [0.1, 0.15) is 57.6 Å². The molecule has 0 aliphatic carbocycles. The number of aliphatic hydroxyl groups excluding tert-OH is 1. The zero-order valence-corrected chi connectivity index (χ0v) is 14.6. The minimum atomic E-state index is -0.307. The SMILES string of the molecule is CC1(C)CC(NC(=O)N2CCCCC2CCO)c2ccccc2O1. The maximum Gasteiger partial charge on any atom is 0.318 e. The summed E-state index contributed by atoms with van der Waals surface area (Å²) >= 11 is 0. The maximum atomic E-state index is 12.9. The van der Waals surface area contributed by atoms with Gasteiger partial charge in [0.15, 0.2) is 0 Å². The fourth-order valence-electron chi connectivity index (χ4n) is 3.88. The van der Waals surface area contributed by atoms with Crippen molar-refractivity contribution < 1.29 is 14.6 Å². The van der Waals surface area contributed by atoms with E-state index in [-0.39, 0.29) is 30.3 Å². The fourth-order valence-corrected chi connectivity index (χ4v) is 3.88. The molecular weight excluding hydrogens is 304 g/mol. The lowest BCUT2D eigenvalue weighted by Gasteiger charge is -2.40.